The molecule has 0 unspecified atom stereocenters. The van der Waals surface area contributed by atoms with Gasteiger partial charge in [0.2, 0.25) is 5.91 Å². The van der Waals surface area contributed by atoms with Gasteiger partial charge in [0.05, 0.1) is 28.6 Å². The molecular formula is C27H30N4O5S. The zero-order chi connectivity index (χ0) is 26.0. The number of fused-ring (bicyclic) bond motifs is 2. The minimum absolute atomic E-state index is 0.0175. The molecule has 10 heteroatoms. The maximum atomic E-state index is 13.3. The van der Waals surface area contributed by atoms with Gasteiger partial charge in [0.15, 0.2) is 6.61 Å². The SMILES string of the molecule is CN1CCN(C(=O)COc2ccc3sc(CNC(=O)C4(CC(=O)O)Cc5ccccc5C4)nc3c2)CC1. The number of likely N-dealkylation sites (N-methyl/N-ethyl adjacent to an activating group) is 1. The summed E-state index contributed by atoms with van der Waals surface area (Å²) in [5.74, 6) is -0.711. The number of hydrogen-bond acceptors (Lipinski definition) is 7. The maximum absolute atomic E-state index is 13.3. The standard InChI is InChI=1S/C27H30N4O5S/c1-30-8-10-31(11-9-30)24(32)17-36-20-6-7-22-21(12-20)29-23(37-22)16-28-26(35)27(15-25(33)34)13-18-4-2-3-5-19(18)14-27/h2-7,12H,8-11,13-17H2,1H3,(H,28,35)(H,33,34). The molecule has 2 aromatic carbocycles. The van der Waals surface area contributed by atoms with Gasteiger partial charge in [-0.3, -0.25) is 14.4 Å². The van der Waals surface area contributed by atoms with E-state index in [4.69, 9.17) is 4.74 Å². The summed E-state index contributed by atoms with van der Waals surface area (Å²) in [6.07, 6.45) is 0.601. The lowest BCUT2D eigenvalue weighted by Gasteiger charge is -2.32. The highest BCUT2D eigenvalue weighted by Gasteiger charge is 2.45. The third-order valence-electron chi connectivity index (χ3n) is 7.17. The molecule has 1 aromatic heterocycles. The number of carbonyl (C=O) groups excluding carboxylic acids is 2. The average Bonchev–Trinajstić information content (AvgIpc) is 3.46. The predicted molar refractivity (Wildman–Crippen MR) is 140 cm³/mol. The molecule has 9 nitrogen and oxygen atoms in total. The van der Waals surface area contributed by atoms with E-state index in [9.17, 15) is 19.5 Å². The second-order valence-corrected chi connectivity index (χ2v) is 11.0. The highest BCUT2D eigenvalue weighted by atomic mass is 32.1. The van der Waals surface area contributed by atoms with Crippen molar-refractivity contribution >= 4 is 39.3 Å². The topological polar surface area (TPSA) is 112 Å². The molecule has 1 aliphatic carbocycles. The molecule has 2 amide bonds. The number of amides is 2. The van der Waals surface area contributed by atoms with Crippen LogP contribution in [0.5, 0.6) is 5.75 Å². The maximum Gasteiger partial charge on any atom is 0.304 e. The lowest BCUT2D eigenvalue weighted by Crippen LogP contribution is -2.48. The average molecular weight is 523 g/mol. The lowest BCUT2D eigenvalue weighted by molar-refractivity contribution is -0.145. The van der Waals surface area contributed by atoms with E-state index in [1.807, 2.05) is 48.3 Å². The van der Waals surface area contributed by atoms with E-state index in [1.165, 1.54) is 11.3 Å². The summed E-state index contributed by atoms with van der Waals surface area (Å²) in [5, 5.41) is 13.2. The number of aromatic nitrogens is 1. The van der Waals surface area contributed by atoms with Crippen molar-refractivity contribution in [2.75, 3.05) is 39.8 Å². The summed E-state index contributed by atoms with van der Waals surface area (Å²) in [4.78, 5) is 46.0. The fraction of sp³-hybridized carbons (Fsp3) is 0.407. The number of rotatable bonds is 8. The first-order valence-corrected chi connectivity index (χ1v) is 13.2. The van der Waals surface area contributed by atoms with Gasteiger partial charge in [-0.15, -0.1) is 11.3 Å². The van der Waals surface area contributed by atoms with Crippen molar-refractivity contribution in [3.63, 3.8) is 0 Å². The van der Waals surface area contributed by atoms with Crippen molar-refractivity contribution in [1.29, 1.82) is 0 Å². The molecule has 3 aromatic rings. The van der Waals surface area contributed by atoms with Crippen LogP contribution in [-0.4, -0.2) is 77.5 Å². The zero-order valence-electron chi connectivity index (χ0n) is 20.7. The Morgan fingerprint density at radius 1 is 1.08 bits per heavy atom. The number of carboxylic acids is 1. The number of carboxylic acid groups (broad SMARTS) is 1. The third-order valence-corrected chi connectivity index (χ3v) is 8.21. The summed E-state index contributed by atoms with van der Waals surface area (Å²) >= 11 is 1.46. The van der Waals surface area contributed by atoms with Gasteiger partial charge in [-0.2, -0.15) is 0 Å². The third kappa shape index (κ3) is 5.60. The van der Waals surface area contributed by atoms with Crippen LogP contribution in [0.1, 0.15) is 22.6 Å². The summed E-state index contributed by atoms with van der Waals surface area (Å²) < 4.78 is 6.69. The highest BCUT2D eigenvalue weighted by Crippen LogP contribution is 2.40. The molecule has 2 heterocycles. The Morgan fingerprint density at radius 3 is 2.46 bits per heavy atom. The minimum atomic E-state index is -0.997. The van der Waals surface area contributed by atoms with Crippen molar-refractivity contribution in [1.82, 2.24) is 20.1 Å². The van der Waals surface area contributed by atoms with Crippen LogP contribution in [-0.2, 0) is 33.8 Å². The minimum Gasteiger partial charge on any atom is -0.484 e. The van der Waals surface area contributed by atoms with Crippen molar-refractivity contribution in [3.8, 4) is 5.75 Å². The fourth-order valence-corrected chi connectivity index (χ4v) is 5.99. The molecule has 194 valence electrons. The van der Waals surface area contributed by atoms with Gasteiger partial charge in [-0.1, -0.05) is 24.3 Å². The van der Waals surface area contributed by atoms with E-state index in [2.05, 4.69) is 15.2 Å². The number of carbonyl (C=O) groups is 3. The normalized spacial score (nSPS) is 16.9. The van der Waals surface area contributed by atoms with Crippen LogP contribution in [0.2, 0.25) is 0 Å². The molecule has 5 rings (SSSR count). The van der Waals surface area contributed by atoms with E-state index in [0.29, 0.717) is 31.7 Å². The molecule has 0 atom stereocenters. The number of piperazine rings is 1. The zero-order valence-corrected chi connectivity index (χ0v) is 21.6. The van der Waals surface area contributed by atoms with Crippen molar-refractivity contribution in [3.05, 3.63) is 58.6 Å². The highest BCUT2D eigenvalue weighted by molar-refractivity contribution is 7.18. The van der Waals surface area contributed by atoms with Gasteiger partial charge in [0, 0.05) is 32.2 Å². The van der Waals surface area contributed by atoms with E-state index in [-0.39, 0.29) is 31.4 Å². The Balaban J connectivity index is 1.20. The van der Waals surface area contributed by atoms with Gasteiger partial charge in [-0.05, 0) is 43.1 Å². The Kier molecular flexibility index (Phi) is 7.12. The molecule has 2 aliphatic rings. The molecule has 0 bridgehead atoms. The molecule has 0 spiro atoms. The molecular weight excluding hydrogens is 492 g/mol. The second kappa shape index (κ2) is 10.5. The monoisotopic (exact) mass is 522 g/mol. The number of nitrogens with one attached hydrogen (secondary N) is 1. The summed E-state index contributed by atoms with van der Waals surface area (Å²) in [7, 11) is 2.04. The number of ether oxygens (including phenoxy) is 1. The Morgan fingerprint density at radius 2 is 1.78 bits per heavy atom. The first-order chi connectivity index (χ1) is 17.8. The lowest BCUT2D eigenvalue weighted by atomic mass is 9.80. The predicted octanol–water partition coefficient (Wildman–Crippen LogP) is 2.33. The Labute approximate surface area is 219 Å². The van der Waals surface area contributed by atoms with Crippen LogP contribution < -0.4 is 10.1 Å². The molecule has 0 radical (unpaired) electrons. The van der Waals surface area contributed by atoms with Crippen LogP contribution in [0, 0.1) is 5.41 Å². The van der Waals surface area contributed by atoms with E-state index < -0.39 is 11.4 Å². The van der Waals surface area contributed by atoms with Crippen LogP contribution >= 0.6 is 11.3 Å². The van der Waals surface area contributed by atoms with E-state index >= 15 is 0 Å². The van der Waals surface area contributed by atoms with E-state index in [1.54, 1.807) is 6.07 Å². The summed E-state index contributed by atoms with van der Waals surface area (Å²) in [6, 6.07) is 13.2. The van der Waals surface area contributed by atoms with Crippen LogP contribution in [0.4, 0.5) is 0 Å². The first-order valence-electron chi connectivity index (χ1n) is 12.4. The summed E-state index contributed by atoms with van der Waals surface area (Å²) in [6.45, 7) is 3.34. The van der Waals surface area contributed by atoms with Crippen molar-refractivity contribution < 1.29 is 24.2 Å². The molecule has 37 heavy (non-hydrogen) atoms. The van der Waals surface area contributed by atoms with Gasteiger partial charge in [0.25, 0.3) is 5.91 Å². The molecule has 1 aliphatic heterocycles. The molecule has 1 fully saturated rings. The number of benzene rings is 2. The fourth-order valence-electron chi connectivity index (χ4n) is 5.11. The second-order valence-electron chi connectivity index (χ2n) is 9.87. The number of nitrogens with zero attached hydrogens (tertiary/aromatic N) is 3. The van der Waals surface area contributed by atoms with Crippen molar-refractivity contribution in [2.24, 2.45) is 5.41 Å². The number of thiazole rings is 1. The quantitative estimate of drug-likeness (QED) is 0.467. The van der Waals surface area contributed by atoms with Gasteiger partial charge >= 0.3 is 5.97 Å². The van der Waals surface area contributed by atoms with Gasteiger partial charge < -0.3 is 25.0 Å². The Bertz CT molecular complexity index is 1310. The van der Waals surface area contributed by atoms with Crippen LogP contribution in [0.25, 0.3) is 10.2 Å². The first kappa shape index (κ1) is 25.2. The largest absolute Gasteiger partial charge is 0.484 e. The molecule has 0 saturated carbocycles. The molecule has 2 N–H and O–H groups in total. The Hall–Kier alpha value is -3.50. The number of aliphatic carboxylic acids is 1. The van der Waals surface area contributed by atoms with Gasteiger partial charge in [0.1, 0.15) is 10.8 Å². The smallest absolute Gasteiger partial charge is 0.304 e. The van der Waals surface area contributed by atoms with E-state index in [0.717, 1.165) is 39.4 Å². The summed E-state index contributed by atoms with van der Waals surface area (Å²) in [5.41, 5.74) is 1.78. The van der Waals surface area contributed by atoms with Crippen molar-refractivity contribution in [2.45, 2.75) is 25.8 Å². The molecule has 1 saturated heterocycles. The van der Waals surface area contributed by atoms with Crippen LogP contribution in [0.3, 0.4) is 0 Å². The number of hydrogen-bond donors (Lipinski definition) is 2. The van der Waals surface area contributed by atoms with Gasteiger partial charge in [-0.25, -0.2) is 4.98 Å². The van der Waals surface area contributed by atoms with Crippen LogP contribution in [0.15, 0.2) is 42.5 Å².